The number of aliphatic carboxylic acids is 1. The lowest BCUT2D eigenvalue weighted by molar-refractivity contribution is -0.151. The maximum atomic E-state index is 12.7. The number of aromatic nitrogens is 4. The fraction of sp³-hybridized carbons (Fsp3) is 0.640. The normalized spacial score (nSPS) is 22.2. The van der Waals surface area contributed by atoms with Gasteiger partial charge in [0.15, 0.2) is 17.7 Å². The Morgan fingerprint density at radius 3 is 2.34 bits per heavy atom. The molecule has 0 saturated carbocycles. The van der Waals surface area contributed by atoms with E-state index in [2.05, 4.69) is 39.2 Å². The summed E-state index contributed by atoms with van der Waals surface area (Å²) in [6.07, 6.45) is -8.84. The minimum Gasteiger partial charge on any atom is -0.479 e. The molecule has 3 unspecified atom stereocenters. The second-order valence-electron chi connectivity index (χ2n) is 12.2. The van der Waals surface area contributed by atoms with E-state index < -0.39 is 102 Å². The number of nitrogens with two attached hydrogens (primary N) is 1. The van der Waals surface area contributed by atoms with Crippen LogP contribution in [-0.2, 0) is 60.2 Å². The molecule has 27 nitrogen and oxygen atoms in total. The van der Waals surface area contributed by atoms with E-state index in [1.165, 1.54) is 13.8 Å². The number of carbonyl (C=O) groups excluding carboxylic acids is 3. The average molecular weight is 884 g/mol. The predicted octanol–water partition coefficient (Wildman–Crippen LogP) is -2.24. The van der Waals surface area contributed by atoms with Gasteiger partial charge in [0.05, 0.1) is 19.5 Å². The first kappa shape index (κ1) is 47.4. The van der Waals surface area contributed by atoms with Crippen LogP contribution in [0.25, 0.3) is 11.2 Å². The van der Waals surface area contributed by atoms with Crippen molar-refractivity contribution in [2.75, 3.05) is 44.9 Å². The number of fused-ring (bicyclic) bond motifs is 1. The van der Waals surface area contributed by atoms with Gasteiger partial charge in [-0.3, -0.25) is 32.5 Å². The molecule has 8 atom stereocenters. The number of methoxy groups -OCH3 is 1. The number of nitrogens with zero attached hydrogens (tertiary/aromatic N) is 4. The Hall–Kier alpha value is -3.01. The summed E-state index contributed by atoms with van der Waals surface area (Å²) in [4.78, 5) is 98.1. The Bertz CT molecular complexity index is 1880. The monoisotopic (exact) mass is 883 g/mol. The number of hydrogen-bond donors (Lipinski definition) is 10. The SMILES string of the molecule is COC(C(=O)O)C(=O)SCCNC(=O)CCNC(=O)[C@H](O)C(C)(C)COP(=O)(O)OP(=O)(O)OC[C@H]1O[C@@H](n2cnc3c(N)ncnc32)[C@H](O)[C@@H]1OP(=O)(O)O. The van der Waals surface area contributed by atoms with Crippen LogP contribution in [-0.4, -0.2) is 147 Å². The van der Waals surface area contributed by atoms with Crippen molar-refractivity contribution in [2.24, 2.45) is 5.41 Å². The van der Waals surface area contributed by atoms with Crippen molar-refractivity contribution in [1.82, 2.24) is 30.2 Å². The number of nitrogen functional groups attached to an aromatic ring is 1. The number of thioether (sulfide) groups is 1. The summed E-state index contributed by atoms with van der Waals surface area (Å²) in [5, 5.41) is 34.2. The summed E-state index contributed by atoms with van der Waals surface area (Å²) in [5.74, 6) is -3.11. The van der Waals surface area contributed by atoms with Gasteiger partial charge in [0.2, 0.25) is 23.0 Å². The highest BCUT2D eigenvalue weighted by atomic mass is 32.2. The Kier molecular flexibility index (Phi) is 16.6. The molecule has 2 aromatic heterocycles. The van der Waals surface area contributed by atoms with Crippen LogP contribution in [0, 0.1) is 5.41 Å². The van der Waals surface area contributed by atoms with Crippen LogP contribution in [0.5, 0.6) is 0 Å². The topological polar surface area (TPSA) is 410 Å². The number of aliphatic hydroxyl groups is 2. The Labute approximate surface area is 320 Å². The van der Waals surface area contributed by atoms with E-state index >= 15 is 0 Å². The lowest BCUT2D eigenvalue weighted by Crippen LogP contribution is -2.46. The fourth-order valence-corrected chi connectivity index (χ4v) is 8.24. The molecule has 1 fully saturated rings. The van der Waals surface area contributed by atoms with Gasteiger partial charge in [0.25, 0.3) is 0 Å². The number of phosphoric acid groups is 3. The molecule has 1 aliphatic rings. The summed E-state index contributed by atoms with van der Waals surface area (Å²) < 4.78 is 66.5. The maximum Gasteiger partial charge on any atom is 0.481 e. The summed E-state index contributed by atoms with van der Waals surface area (Å²) in [7, 11) is -15.4. The van der Waals surface area contributed by atoms with Crippen molar-refractivity contribution in [1.29, 1.82) is 0 Å². The molecule has 2 aromatic rings. The fourth-order valence-electron chi connectivity index (χ4n) is 4.66. The van der Waals surface area contributed by atoms with Gasteiger partial charge in [0, 0.05) is 37.8 Å². The molecule has 56 heavy (non-hydrogen) atoms. The molecule has 0 aromatic carbocycles. The zero-order valence-electron chi connectivity index (χ0n) is 29.4. The first-order valence-electron chi connectivity index (χ1n) is 15.7. The number of hydrogen-bond acceptors (Lipinski definition) is 20. The number of imidazole rings is 1. The number of carboxylic acids is 1. The molecule has 2 amide bonds. The van der Waals surface area contributed by atoms with E-state index in [0.717, 1.165) is 24.3 Å². The second-order valence-corrected chi connectivity index (χ2v) is 17.5. The van der Waals surface area contributed by atoms with Gasteiger partial charge in [0.1, 0.15) is 36.3 Å². The van der Waals surface area contributed by atoms with Crippen molar-refractivity contribution in [2.45, 2.75) is 57.0 Å². The molecule has 0 bridgehead atoms. The molecule has 0 aliphatic carbocycles. The first-order valence-corrected chi connectivity index (χ1v) is 21.2. The van der Waals surface area contributed by atoms with E-state index in [9.17, 15) is 62.7 Å². The van der Waals surface area contributed by atoms with Crippen molar-refractivity contribution in [3.8, 4) is 0 Å². The van der Waals surface area contributed by atoms with Crippen LogP contribution in [0.3, 0.4) is 0 Å². The molecule has 3 heterocycles. The average Bonchev–Trinajstić information content (AvgIpc) is 3.64. The van der Waals surface area contributed by atoms with Crippen LogP contribution in [0.4, 0.5) is 5.82 Å². The lowest BCUT2D eigenvalue weighted by atomic mass is 9.87. The third-order valence-corrected chi connectivity index (χ3v) is 11.4. The molecule has 3 rings (SSSR count). The largest absolute Gasteiger partial charge is 0.481 e. The van der Waals surface area contributed by atoms with Crippen molar-refractivity contribution >= 4 is 75.1 Å². The van der Waals surface area contributed by atoms with Crippen LogP contribution < -0.4 is 16.4 Å². The number of phosphoric ester groups is 3. The maximum absolute atomic E-state index is 12.7. The van der Waals surface area contributed by atoms with Crippen LogP contribution in [0.1, 0.15) is 26.5 Å². The van der Waals surface area contributed by atoms with Crippen molar-refractivity contribution in [3.63, 3.8) is 0 Å². The lowest BCUT2D eigenvalue weighted by Gasteiger charge is -2.30. The zero-order chi connectivity index (χ0) is 42.2. The highest BCUT2D eigenvalue weighted by Gasteiger charge is 2.50. The van der Waals surface area contributed by atoms with Gasteiger partial charge < -0.3 is 60.7 Å². The summed E-state index contributed by atoms with van der Waals surface area (Å²) in [5.41, 5.74) is 4.17. The molecular weight excluding hydrogens is 843 g/mol. The van der Waals surface area contributed by atoms with E-state index in [0.29, 0.717) is 11.8 Å². The second kappa shape index (κ2) is 19.6. The van der Waals surface area contributed by atoms with E-state index in [-0.39, 0.29) is 42.2 Å². The molecular formula is C25H40N7O20P3S. The zero-order valence-corrected chi connectivity index (χ0v) is 32.9. The minimum absolute atomic E-state index is 0.0156. The smallest absolute Gasteiger partial charge is 0.479 e. The quantitative estimate of drug-likeness (QED) is 0.0340. The van der Waals surface area contributed by atoms with Crippen molar-refractivity contribution in [3.05, 3.63) is 12.7 Å². The Balaban J connectivity index is 1.49. The third kappa shape index (κ3) is 13.5. The molecule has 0 radical (unpaired) electrons. The highest BCUT2D eigenvalue weighted by molar-refractivity contribution is 8.13. The highest BCUT2D eigenvalue weighted by Crippen LogP contribution is 2.61. The molecule has 11 N–H and O–H groups in total. The number of anilines is 1. The number of aliphatic hydroxyl groups excluding tert-OH is 2. The van der Waals surface area contributed by atoms with Gasteiger partial charge in [-0.15, -0.1) is 0 Å². The number of rotatable bonds is 22. The third-order valence-electron chi connectivity index (χ3n) is 7.42. The Morgan fingerprint density at radius 1 is 1.05 bits per heavy atom. The van der Waals surface area contributed by atoms with E-state index in [1.807, 2.05) is 0 Å². The van der Waals surface area contributed by atoms with E-state index in [1.54, 1.807) is 0 Å². The van der Waals surface area contributed by atoms with Crippen LogP contribution in [0.15, 0.2) is 12.7 Å². The number of nitrogens with one attached hydrogen (secondary N) is 2. The minimum atomic E-state index is -5.60. The van der Waals surface area contributed by atoms with Crippen LogP contribution in [0.2, 0.25) is 0 Å². The van der Waals surface area contributed by atoms with Crippen molar-refractivity contribution < 1.29 is 95.1 Å². The van der Waals surface area contributed by atoms with Gasteiger partial charge in [-0.25, -0.2) is 33.4 Å². The summed E-state index contributed by atoms with van der Waals surface area (Å²) >= 11 is 0.625. The standard InChI is InChI=1S/C25H40N7O20P3S/c1-25(2,18(35)21(36)28-5-4-13(33)27-6-7-56-24(39)17(47-3)23(37)38)9-49-55(45,46)52-54(43,44)48-8-12-16(51-53(40,41)42)15(34)22(50-12)32-11-31-14-19(26)29-10-30-20(14)32/h10-12,15-18,22,34-35H,4-9H2,1-3H3,(H,27,33)(H,28,36)(H,37,38)(H,43,44)(H,45,46)(H2,26,29,30)(H2,40,41,42)/t12-,15-,16-,17?,18+,22-/m1/s1. The molecule has 1 aliphatic heterocycles. The van der Waals surface area contributed by atoms with Gasteiger partial charge >= 0.3 is 29.4 Å². The summed E-state index contributed by atoms with van der Waals surface area (Å²) in [6, 6.07) is 0. The Morgan fingerprint density at radius 2 is 1.71 bits per heavy atom. The number of carboxylic acid groups (broad SMARTS) is 1. The van der Waals surface area contributed by atoms with E-state index in [4.69, 9.17) is 24.6 Å². The number of carbonyl (C=O) groups is 4. The molecule has 0 spiro atoms. The van der Waals surface area contributed by atoms with Gasteiger partial charge in [-0.1, -0.05) is 25.6 Å². The molecule has 1 saturated heterocycles. The van der Waals surface area contributed by atoms with Crippen LogP contribution >= 0.6 is 35.2 Å². The van der Waals surface area contributed by atoms with Gasteiger partial charge in [-0.2, -0.15) is 4.31 Å². The predicted molar refractivity (Wildman–Crippen MR) is 186 cm³/mol. The molecule has 31 heteroatoms. The molecule has 316 valence electrons. The summed E-state index contributed by atoms with van der Waals surface area (Å²) in [6.45, 7) is 0.0240. The number of amides is 2. The first-order chi connectivity index (χ1) is 25.9. The van der Waals surface area contributed by atoms with Gasteiger partial charge in [-0.05, 0) is 0 Å². The number of ether oxygens (including phenoxy) is 2.